The second-order valence-corrected chi connectivity index (χ2v) is 7.68. The zero-order valence-corrected chi connectivity index (χ0v) is 17.0. The lowest BCUT2D eigenvalue weighted by atomic mass is 10.1. The van der Waals surface area contributed by atoms with E-state index >= 15 is 0 Å². The van der Waals surface area contributed by atoms with E-state index in [4.69, 9.17) is 9.47 Å². The minimum Gasteiger partial charge on any atom is -0.494 e. The molecule has 2 aliphatic rings. The lowest BCUT2D eigenvalue weighted by molar-refractivity contribution is -0.115. The van der Waals surface area contributed by atoms with Gasteiger partial charge in [-0.05, 0) is 56.1 Å². The molecule has 0 atom stereocenters. The molecule has 5 heteroatoms. The number of allylic oxidation sites excluding steroid dienone is 1. The van der Waals surface area contributed by atoms with E-state index in [1.54, 1.807) is 6.08 Å². The van der Waals surface area contributed by atoms with Crippen molar-refractivity contribution in [2.75, 3.05) is 59.1 Å². The number of likely N-dealkylation sites (tertiary alicyclic amines) is 1. The first-order valence-electron chi connectivity index (χ1n) is 10.8. The van der Waals surface area contributed by atoms with Gasteiger partial charge in [-0.2, -0.15) is 0 Å². The maximum atomic E-state index is 12.1. The van der Waals surface area contributed by atoms with Crippen LogP contribution in [0, 0.1) is 0 Å². The summed E-state index contributed by atoms with van der Waals surface area (Å²) in [7, 11) is 0. The molecule has 5 nitrogen and oxygen atoms in total. The van der Waals surface area contributed by atoms with E-state index in [9.17, 15) is 4.79 Å². The predicted molar refractivity (Wildman–Crippen MR) is 113 cm³/mol. The highest BCUT2D eigenvalue weighted by atomic mass is 16.5. The molecule has 0 spiro atoms. The number of hydrogen-bond acceptors (Lipinski definition) is 5. The maximum absolute atomic E-state index is 12.1. The third-order valence-corrected chi connectivity index (χ3v) is 5.46. The van der Waals surface area contributed by atoms with E-state index in [0.717, 1.165) is 63.7 Å². The summed E-state index contributed by atoms with van der Waals surface area (Å²) in [6.45, 7) is 8.59. The van der Waals surface area contributed by atoms with Crippen LogP contribution < -0.4 is 4.74 Å². The third-order valence-electron chi connectivity index (χ3n) is 5.46. The summed E-state index contributed by atoms with van der Waals surface area (Å²) in [4.78, 5) is 16.9. The second kappa shape index (κ2) is 12.0. The minimum absolute atomic E-state index is 0.171. The van der Waals surface area contributed by atoms with Gasteiger partial charge in [0.15, 0.2) is 5.78 Å². The van der Waals surface area contributed by atoms with Gasteiger partial charge in [0, 0.05) is 32.6 Å². The fraction of sp³-hybridized carbons (Fsp3) is 0.609. The number of ether oxygens (including phenoxy) is 2. The zero-order chi connectivity index (χ0) is 19.4. The van der Waals surface area contributed by atoms with Crippen LogP contribution in [0.5, 0.6) is 5.75 Å². The van der Waals surface area contributed by atoms with Gasteiger partial charge in [0.2, 0.25) is 0 Å². The molecule has 154 valence electrons. The molecule has 3 rings (SSSR count). The van der Waals surface area contributed by atoms with Crippen LogP contribution in [-0.4, -0.2) is 74.7 Å². The van der Waals surface area contributed by atoms with Crippen LogP contribution in [0.3, 0.4) is 0 Å². The third kappa shape index (κ3) is 7.74. The highest BCUT2D eigenvalue weighted by Crippen LogP contribution is 2.14. The Morgan fingerprint density at radius 3 is 2.43 bits per heavy atom. The first kappa shape index (κ1) is 21.0. The van der Waals surface area contributed by atoms with E-state index in [0.29, 0.717) is 6.42 Å². The fourth-order valence-corrected chi connectivity index (χ4v) is 3.70. The van der Waals surface area contributed by atoms with Crippen molar-refractivity contribution in [1.82, 2.24) is 9.80 Å². The molecular weight excluding hydrogens is 352 g/mol. The Labute approximate surface area is 169 Å². The summed E-state index contributed by atoms with van der Waals surface area (Å²) in [6, 6.07) is 7.98. The Kier molecular flexibility index (Phi) is 9.01. The van der Waals surface area contributed by atoms with Gasteiger partial charge in [0.25, 0.3) is 0 Å². The topological polar surface area (TPSA) is 42.0 Å². The normalized spacial score (nSPS) is 19.1. The molecule has 1 aromatic carbocycles. The monoisotopic (exact) mass is 386 g/mol. The predicted octanol–water partition coefficient (Wildman–Crippen LogP) is 3.25. The number of carbonyl (C=O) groups is 1. The van der Waals surface area contributed by atoms with Crippen molar-refractivity contribution in [2.24, 2.45) is 0 Å². The van der Waals surface area contributed by atoms with Gasteiger partial charge >= 0.3 is 0 Å². The number of morpholine rings is 1. The molecule has 0 bridgehead atoms. The van der Waals surface area contributed by atoms with Crippen LogP contribution in [0.15, 0.2) is 30.3 Å². The summed E-state index contributed by atoms with van der Waals surface area (Å²) in [5, 5.41) is 0. The van der Waals surface area contributed by atoms with Crippen molar-refractivity contribution in [1.29, 1.82) is 0 Å². The fourth-order valence-electron chi connectivity index (χ4n) is 3.70. The number of rotatable bonds is 10. The Morgan fingerprint density at radius 1 is 0.964 bits per heavy atom. The molecule has 0 amide bonds. The number of nitrogens with zero attached hydrogens (tertiary/aromatic N) is 2. The summed E-state index contributed by atoms with van der Waals surface area (Å²) in [6.07, 6.45) is 9.27. The van der Waals surface area contributed by atoms with Crippen LogP contribution in [0.25, 0.3) is 6.08 Å². The number of piperidine rings is 1. The summed E-state index contributed by atoms with van der Waals surface area (Å²) in [5.74, 6) is 1.07. The van der Waals surface area contributed by atoms with Crippen LogP contribution >= 0.6 is 0 Å². The average molecular weight is 387 g/mol. The van der Waals surface area contributed by atoms with Crippen LogP contribution in [0.1, 0.15) is 37.7 Å². The van der Waals surface area contributed by atoms with E-state index in [2.05, 4.69) is 9.80 Å². The van der Waals surface area contributed by atoms with Crippen LogP contribution in [0.2, 0.25) is 0 Å². The standard InChI is InChI=1S/C23H34N2O3/c26-22(11-15-25-16-19-27-20-17-25)8-5-21-6-9-23(10-7-21)28-18-4-14-24-12-2-1-3-13-24/h5-10H,1-4,11-20H2/b8-5+. The molecule has 0 saturated carbocycles. The van der Waals surface area contributed by atoms with Crippen molar-refractivity contribution in [3.8, 4) is 5.75 Å². The summed E-state index contributed by atoms with van der Waals surface area (Å²) in [5.41, 5.74) is 1.03. The van der Waals surface area contributed by atoms with E-state index in [1.807, 2.05) is 30.3 Å². The van der Waals surface area contributed by atoms with Crippen molar-refractivity contribution in [2.45, 2.75) is 32.1 Å². The molecule has 2 aliphatic heterocycles. The van der Waals surface area contributed by atoms with E-state index in [-0.39, 0.29) is 5.78 Å². The smallest absolute Gasteiger partial charge is 0.156 e. The van der Waals surface area contributed by atoms with Gasteiger partial charge in [-0.15, -0.1) is 0 Å². The maximum Gasteiger partial charge on any atom is 0.156 e. The number of ketones is 1. The van der Waals surface area contributed by atoms with Crippen molar-refractivity contribution in [3.05, 3.63) is 35.9 Å². The summed E-state index contributed by atoms with van der Waals surface area (Å²) >= 11 is 0. The molecule has 0 aromatic heterocycles. The van der Waals surface area contributed by atoms with Gasteiger partial charge in [-0.1, -0.05) is 24.6 Å². The molecule has 2 fully saturated rings. The first-order valence-corrected chi connectivity index (χ1v) is 10.8. The van der Waals surface area contributed by atoms with E-state index < -0.39 is 0 Å². The van der Waals surface area contributed by atoms with Gasteiger partial charge < -0.3 is 14.4 Å². The molecule has 2 saturated heterocycles. The molecular formula is C23H34N2O3. The Bertz CT molecular complexity index is 603. The average Bonchev–Trinajstić information content (AvgIpc) is 2.76. The minimum atomic E-state index is 0.171. The lowest BCUT2D eigenvalue weighted by Crippen LogP contribution is -2.37. The highest BCUT2D eigenvalue weighted by Gasteiger charge is 2.11. The SMILES string of the molecule is O=C(/C=C/c1ccc(OCCCN2CCCCC2)cc1)CCN1CCOCC1. The molecule has 0 aliphatic carbocycles. The number of carbonyl (C=O) groups excluding carboxylic acids is 1. The van der Waals surface area contributed by atoms with Gasteiger partial charge in [-0.3, -0.25) is 9.69 Å². The molecule has 28 heavy (non-hydrogen) atoms. The molecule has 0 unspecified atom stereocenters. The lowest BCUT2D eigenvalue weighted by Gasteiger charge is -2.26. The highest BCUT2D eigenvalue weighted by molar-refractivity contribution is 5.93. The van der Waals surface area contributed by atoms with Gasteiger partial charge in [0.1, 0.15) is 5.75 Å². The number of benzene rings is 1. The number of hydrogen-bond donors (Lipinski definition) is 0. The molecule has 2 heterocycles. The zero-order valence-electron chi connectivity index (χ0n) is 17.0. The van der Waals surface area contributed by atoms with Crippen molar-refractivity contribution < 1.29 is 14.3 Å². The van der Waals surface area contributed by atoms with Crippen LogP contribution in [-0.2, 0) is 9.53 Å². The van der Waals surface area contributed by atoms with Crippen molar-refractivity contribution in [3.63, 3.8) is 0 Å². The van der Waals surface area contributed by atoms with E-state index in [1.165, 1.54) is 32.4 Å². The van der Waals surface area contributed by atoms with Gasteiger partial charge in [0.05, 0.1) is 19.8 Å². The van der Waals surface area contributed by atoms with Crippen LogP contribution in [0.4, 0.5) is 0 Å². The summed E-state index contributed by atoms with van der Waals surface area (Å²) < 4.78 is 11.2. The quantitative estimate of drug-likeness (QED) is 0.456. The molecule has 0 N–H and O–H groups in total. The second-order valence-electron chi connectivity index (χ2n) is 7.68. The first-order chi connectivity index (χ1) is 13.8. The Balaban J connectivity index is 1.31. The largest absolute Gasteiger partial charge is 0.494 e. The Hall–Kier alpha value is -1.69. The van der Waals surface area contributed by atoms with Crippen molar-refractivity contribution >= 4 is 11.9 Å². The van der Waals surface area contributed by atoms with Gasteiger partial charge in [-0.25, -0.2) is 0 Å². The molecule has 0 radical (unpaired) electrons. The molecule has 1 aromatic rings. The Morgan fingerprint density at radius 2 is 1.68 bits per heavy atom.